The third-order valence-electron chi connectivity index (χ3n) is 3.34. The Morgan fingerprint density at radius 3 is 2.38 bits per heavy atom. The summed E-state index contributed by atoms with van der Waals surface area (Å²) >= 11 is 34.9. The maximum Gasteiger partial charge on any atom is 0.228 e. The predicted molar refractivity (Wildman–Crippen MR) is 117 cm³/mol. The molecule has 0 unspecified atom stereocenters. The van der Waals surface area contributed by atoms with E-state index in [0.29, 0.717) is 22.2 Å². The normalized spacial score (nSPS) is 12.4. The van der Waals surface area contributed by atoms with Crippen molar-refractivity contribution in [3.8, 4) is 0 Å². The van der Waals surface area contributed by atoms with E-state index in [1.165, 1.54) is 0 Å². The number of halogens is 5. The summed E-state index contributed by atoms with van der Waals surface area (Å²) < 4.78 is -1.79. The zero-order valence-corrected chi connectivity index (χ0v) is 18.6. The molecule has 0 spiro atoms. The smallest absolute Gasteiger partial charge is 0.228 e. The largest absolute Gasteiger partial charge is 0.339 e. The quantitative estimate of drug-likeness (QED) is 0.184. The Bertz CT molecular complexity index is 624. The molecule has 0 aliphatic carbocycles. The Balaban J connectivity index is 2.61. The molecular weight excluding hydrogens is 460 g/mol. The molecule has 0 aromatic heterocycles. The SMILES string of the molecule is CCCCCCC(=O)N[C@@H](NC(=S)Nc1ccc(Cl)c(Cl)c1)C(Cl)(Cl)Cl. The number of rotatable bonds is 8. The Labute approximate surface area is 184 Å². The van der Waals surface area contributed by atoms with Crippen molar-refractivity contribution in [3.05, 3.63) is 28.2 Å². The van der Waals surface area contributed by atoms with Crippen LogP contribution in [0, 0.1) is 0 Å². The second-order valence-electron chi connectivity index (χ2n) is 5.58. The van der Waals surface area contributed by atoms with Crippen LogP contribution in [-0.4, -0.2) is 21.0 Å². The highest BCUT2D eigenvalue weighted by atomic mass is 35.6. The summed E-state index contributed by atoms with van der Waals surface area (Å²) in [6.45, 7) is 2.10. The topological polar surface area (TPSA) is 53.2 Å². The van der Waals surface area contributed by atoms with Crippen molar-refractivity contribution < 1.29 is 4.79 Å². The summed E-state index contributed by atoms with van der Waals surface area (Å²) in [4.78, 5) is 12.1. The summed E-state index contributed by atoms with van der Waals surface area (Å²) in [5.41, 5.74) is 0.603. The van der Waals surface area contributed by atoms with Crippen LogP contribution in [0.4, 0.5) is 5.69 Å². The standard InChI is InChI=1S/C16H20Cl5N3OS/c1-2-3-4-5-6-13(25)23-14(16(19,20)21)24-15(26)22-10-7-8-11(17)12(18)9-10/h7-9,14H,2-6H2,1H3,(H,23,25)(H2,22,24,26)/t14-/m0/s1. The molecule has 0 saturated carbocycles. The number of benzene rings is 1. The lowest BCUT2D eigenvalue weighted by Gasteiger charge is -2.27. The number of alkyl halides is 3. The molecule has 0 saturated heterocycles. The number of anilines is 1. The highest BCUT2D eigenvalue weighted by Crippen LogP contribution is 2.29. The Hall–Kier alpha value is -0.170. The van der Waals surface area contributed by atoms with Crippen LogP contribution in [0.5, 0.6) is 0 Å². The van der Waals surface area contributed by atoms with Gasteiger partial charge in [0.25, 0.3) is 0 Å². The summed E-state index contributed by atoms with van der Waals surface area (Å²) in [7, 11) is 0. The van der Waals surface area contributed by atoms with Gasteiger partial charge in [-0.1, -0.05) is 84.2 Å². The second-order valence-corrected chi connectivity index (χ2v) is 9.17. The molecule has 0 bridgehead atoms. The number of thiocarbonyl (C=S) groups is 1. The van der Waals surface area contributed by atoms with Gasteiger partial charge >= 0.3 is 0 Å². The van der Waals surface area contributed by atoms with Crippen molar-refractivity contribution in [3.63, 3.8) is 0 Å². The first-order valence-corrected chi connectivity index (χ1v) is 10.3. The molecule has 1 rings (SSSR count). The summed E-state index contributed by atoms with van der Waals surface area (Å²) in [6, 6.07) is 4.92. The van der Waals surface area contributed by atoms with Crippen molar-refractivity contribution in [2.45, 2.75) is 49.0 Å². The molecule has 0 fully saturated rings. The minimum absolute atomic E-state index is 0.158. The molecule has 146 valence electrons. The lowest BCUT2D eigenvalue weighted by Crippen LogP contribution is -2.56. The van der Waals surface area contributed by atoms with Crippen LogP contribution < -0.4 is 16.0 Å². The molecule has 1 aromatic rings. The van der Waals surface area contributed by atoms with Gasteiger partial charge in [-0.3, -0.25) is 4.79 Å². The monoisotopic (exact) mass is 477 g/mol. The zero-order chi connectivity index (χ0) is 19.7. The van der Waals surface area contributed by atoms with E-state index in [4.69, 9.17) is 70.2 Å². The van der Waals surface area contributed by atoms with Gasteiger partial charge in [-0.05, 0) is 36.8 Å². The van der Waals surface area contributed by atoms with E-state index >= 15 is 0 Å². The van der Waals surface area contributed by atoms with Crippen LogP contribution in [0.1, 0.15) is 39.0 Å². The van der Waals surface area contributed by atoms with Crippen molar-refractivity contribution in [2.24, 2.45) is 0 Å². The first-order valence-electron chi connectivity index (χ1n) is 8.02. The summed E-state index contributed by atoms with van der Waals surface area (Å²) in [5.74, 6) is -0.220. The fraction of sp³-hybridized carbons (Fsp3) is 0.500. The highest BCUT2D eigenvalue weighted by molar-refractivity contribution is 7.80. The van der Waals surface area contributed by atoms with Gasteiger partial charge in [0, 0.05) is 12.1 Å². The van der Waals surface area contributed by atoms with Crippen LogP contribution >= 0.6 is 70.2 Å². The highest BCUT2D eigenvalue weighted by Gasteiger charge is 2.34. The molecule has 1 atom stereocenters. The number of carbonyl (C=O) groups is 1. The van der Waals surface area contributed by atoms with E-state index in [1.54, 1.807) is 18.2 Å². The average molecular weight is 480 g/mol. The number of unbranched alkanes of at least 4 members (excludes halogenated alkanes) is 3. The van der Waals surface area contributed by atoms with Gasteiger partial charge in [-0.25, -0.2) is 0 Å². The number of nitrogens with one attached hydrogen (secondary N) is 3. The van der Waals surface area contributed by atoms with E-state index in [-0.39, 0.29) is 11.0 Å². The molecule has 0 heterocycles. The third kappa shape index (κ3) is 9.16. The van der Waals surface area contributed by atoms with Gasteiger partial charge in [-0.15, -0.1) is 0 Å². The van der Waals surface area contributed by atoms with Gasteiger partial charge in [0.15, 0.2) is 5.11 Å². The first kappa shape index (κ1) is 23.9. The lowest BCUT2D eigenvalue weighted by atomic mass is 10.1. The van der Waals surface area contributed by atoms with Gasteiger partial charge in [-0.2, -0.15) is 0 Å². The fourth-order valence-electron chi connectivity index (χ4n) is 2.02. The molecule has 0 radical (unpaired) electrons. The third-order valence-corrected chi connectivity index (χ3v) is 4.96. The van der Waals surface area contributed by atoms with Crippen LogP contribution in [0.3, 0.4) is 0 Å². The van der Waals surface area contributed by atoms with Crippen molar-refractivity contribution in [1.29, 1.82) is 0 Å². The minimum atomic E-state index is -1.79. The number of hydrogen-bond donors (Lipinski definition) is 3. The van der Waals surface area contributed by atoms with E-state index in [2.05, 4.69) is 22.9 Å². The summed E-state index contributed by atoms with van der Waals surface area (Å²) in [5, 5.41) is 9.29. The van der Waals surface area contributed by atoms with Crippen LogP contribution in [0.25, 0.3) is 0 Å². The van der Waals surface area contributed by atoms with E-state index in [9.17, 15) is 4.79 Å². The van der Waals surface area contributed by atoms with Gasteiger partial charge in [0.2, 0.25) is 9.70 Å². The maximum atomic E-state index is 12.1. The Morgan fingerprint density at radius 1 is 1.12 bits per heavy atom. The molecule has 1 amide bonds. The summed E-state index contributed by atoms with van der Waals surface area (Å²) in [6.07, 6.45) is 3.29. The number of hydrogen-bond acceptors (Lipinski definition) is 2. The number of amides is 1. The Morgan fingerprint density at radius 2 is 1.81 bits per heavy atom. The van der Waals surface area contributed by atoms with Gasteiger partial charge in [0.05, 0.1) is 10.0 Å². The van der Waals surface area contributed by atoms with Crippen molar-refractivity contribution in [1.82, 2.24) is 10.6 Å². The lowest BCUT2D eigenvalue weighted by molar-refractivity contribution is -0.122. The molecule has 1 aromatic carbocycles. The van der Waals surface area contributed by atoms with Crippen molar-refractivity contribution >= 4 is 86.9 Å². The minimum Gasteiger partial charge on any atom is -0.339 e. The van der Waals surface area contributed by atoms with Crippen LogP contribution in [-0.2, 0) is 4.79 Å². The molecule has 0 aliphatic heterocycles. The number of carbonyl (C=O) groups excluding carboxylic acids is 1. The van der Waals surface area contributed by atoms with E-state index < -0.39 is 9.96 Å². The fourth-order valence-corrected chi connectivity index (χ4v) is 2.88. The predicted octanol–water partition coefficient (Wildman–Crippen LogP) is 6.06. The van der Waals surface area contributed by atoms with E-state index in [0.717, 1.165) is 25.7 Å². The molecule has 26 heavy (non-hydrogen) atoms. The van der Waals surface area contributed by atoms with Gasteiger partial charge in [0.1, 0.15) is 6.17 Å². The molecule has 10 heteroatoms. The second kappa shape index (κ2) is 11.6. The maximum absolute atomic E-state index is 12.1. The van der Waals surface area contributed by atoms with Crippen molar-refractivity contribution in [2.75, 3.05) is 5.32 Å². The van der Waals surface area contributed by atoms with Crippen LogP contribution in [0.2, 0.25) is 10.0 Å². The zero-order valence-electron chi connectivity index (χ0n) is 14.1. The molecule has 3 N–H and O–H groups in total. The Kier molecular flexibility index (Phi) is 10.7. The first-order chi connectivity index (χ1) is 12.1. The molecule has 4 nitrogen and oxygen atoms in total. The van der Waals surface area contributed by atoms with E-state index in [1.807, 2.05) is 0 Å². The average Bonchev–Trinajstić information content (AvgIpc) is 2.53. The van der Waals surface area contributed by atoms with Crippen LogP contribution in [0.15, 0.2) is 18.2 Å². The van der Waals surface area contributed by atoms with Gasteiger partial charge < -0.3 is 16.0 Å². The molecule has 0 aliphatic rings. The molecular formula is C16H20Cl5N3OS.